The smallest absolute Gasteiger partial charge is 0.262 e. The second-order valence-corrected chi connectivity index (χ2v) is 24.4. The van der Waals surface area contributed by atoms with Gasteiger partial charge in [-0.25, -0.2) is 43.2 Å². The summed E-state index contributed by atoms with van der Waals surface area (Å²) in [6, 6.07) is 22.9. The van der Waals surface area contributed by atoms with Gasteiger partial charge in [0.25, 0.3) is 9.05 Å². The Balaban J connectivity index is 0.000000180. The minimum absolute atomic E-state index is 0.00836. The minimum atomic E-state index is -4.51. The van der Waals surface area contributed by atoms with Crippen LogP contribution in [0, 0.1) is 57.6 Å². The molecule has 23 heteroatoms. The lowest BCUT2D eigenvalue weighted by Gasteiger charge is -2.41. The molecule has 2 atom stereocenters. The first-order valence-electron chi connectivity index (χ1n) is 26.3. The molecule has 2 aromatic heterocycles. The fraction of sp³-hybridized carbons (Fsp3) is 0.345. The largest absolute Gasteiger partial charge is 0.306 e. The van der Waals surface area contributed by atoms with E-state index in [-0.39, 0.29) is 37.3 Å². The molecule has 2 saturated carbocycles. The lowest BCUT2D eigenvalue weighted by atomic mass is 9.85. The molecule has 4 aliphatic rings. The Kier molecular flexibility index (Phi) is 19.7. The molecule has 4 aromatic carbocycles. The van der Waals surface area contributed by atoms with Crippen LogP contribution in [-0.2, 0) is 41.8 Å². The monoisotopic (exact) mass is 1170 g/mol. The number of anilines is 2. The first-order valence-corrected chi connectivity index (χ1v) is 30.0. The van der Waals surface area contributed by atoms with Crippen LogP contribution in [0.1, 0.15) is 123 Å². The lowest BCUT2D eigenvalue weighted by molar-refractivity contribution is -0.125. The van der Waals surface area contributed by atoms with Crippen molar-refractivity contribution in [3.63, 3.8) is 0 Å². The van der Waals surface area contributed by atoms with E-state index in [0.29, 0.717) is 59.7 Å². The zero-order valence-corrected chi connectivity index (χ0v) is 45.9. The third-order valence-corrected chi connectivity index (χ3v) is 18.1. The number of rotatable bonds is 13. The first-order chi connectivity index (χ1) is 38.7. The summed E-state index contributed by atoms with van der Waals surface area (Å²) in [6.07, 6.45) is 17.0. The number of pyridine rings is 2. The number of carbonyl (C=O) groups excluding carboxylic acids is 2. The third kappa shape index (κ3) is 14.7. The van der Waals surface area contributed by atoms with Crippen molar-refractivity contribution in [2.75, 3.05) is 22.9 Å². The SMILES string of the molecule is N#Cc1cc(F)c(F)cc1S(=O)(=O)Cl.N#Cc1cc(F)c(F)cc1S(=O)(=O)N1CCC1C(=O)N(Cc1ccc(C2CCCCC2)cn1)c1ccc(F)cc1.O=C(C1CCN1)N(Cc1ccc(C2CCCCC2)cn1)c1ccc(F)cc1. The zero-order chi connectivity index (χ0) is 58.0. The van der Waals surface area contributed by atoms with Crippen molar-refractivity contribution in [1.29, 1.82) is 10.5 Å². The van der Waals surface area contributed by atoms with Crippen molar-refractivity contribution in [2.24, 2.45) is 0 Å². The summed E-state index contributed by atoms with van der Waals surface area (Å²) in [6.45, 7) is 1.22. The highest BCUT2D eigenvalue weighted by atomic mass is 35.7. The van der Waals surface area contributed by atoms with E-state index in [2.05, 4.69) is 21.4 Å². The molecule has 2 saturated heterocycles. The fourth-order valence-corrected chi connectivity index (χ4v) is 12.9. The second kappa shape index (κ2) is 26.6. The number of benzene rings is 4. The van der Waals surface area contributed by atoms with Crippen LogP contribution in [0.5, 0.6) is 0 Å². The number of nitriles is 2. The Morgan fingerprint density at radius 1 is 0.580 bits per heavy atom. The normalized spacial score (nSPS) is 17.5. The van der Waals surface area contributed by atoms with E-state index in [1.807, 2.05) is 30.6 Å². The molecule has 14 nitrogen and oxygen atoms in total. The number of hydrogen-bond donors (Lipinski definition) is 1. The van der Waals surface area contributed by atoms with Gasteiger partial charge >= 0.3 is 0 Å². The van der Waals surface area contributed by atoms with E-state index in [4.69, 9.17) is 15.9 Å². The number of carbonyl (C=O) groups is 2. The van der Waals surface area contributed by atoms with Crippen molar-refractivity contribution < 1.29 is 52.8 Å². The van der Waals surface area contributed by atoms with Crippen LogP contribution >= 0.6 is 10.7 Å². The van der Waals surface area contributed by atoms with Crippen molar-refractivity contribution in [3.05, 3.63) is 178 Å². The molecule has 6 aromatic rings. The molecule has 4 heterocycles. The van der Waals surface area contributed by atoms with Gasteiger partial charge in [-0.1, -0.05) is 50.7 Å². The van der Waals surface area contributed by atoms with Crippen LogP contribution in [-0.4, -0.2) is 68.1 Å². The molecule has 2 amide bonds. The molecule has 2 aliphatic carbocycles. The van der Waals surface area contributed by atoms with Crippen molar-refractivity contribution in [1.82, 2.24) is 19.6 Å². The van der Waals surface area contributed by atoms with E-state index in [0.717, 1.165) is 41.4 Å². The van der Waals surface area contributed by atoms with E-state index >= 15 is 0 Å². The van der Waals surface area contributed by atoms with E-state index in [1.54, 1.807) is 23.1 Å². The highest BCUT2D eigenvalue weighted by molar-refractivity contribution is 8.13. The molecule has 2 unspecified atom stereocenters. The predicted molar refractivity (Wildman–Crippen MR) is 289 cm³/mol. The van der Waals surface area contributed by atoms with Gasteiger partial charge in [0, 0.05) is 41.0 Å². The number of nitrogens with zero attached hydrogens (tertiary/aromatic N) is 7. The van der Waals surface area contributed by atoms with Gasteiger partial charge in [-0.2, -0.15) is 14.8 Å². The molecular formula is C58H55ClF6N8O6S2. The van der Waals surface area contributed by atoms with Crippen molar-refractivity contribution >= 4 is 52.9 Å². The number of halogens is 7. The first kappa shape index (κ1) is 59.9. The highest BCUT2D eigenvalue weighted by Gasteiger charge is 2.46. The molecule has 4 fully saturated rings. The standard InChI is InChI=1S/C29H27F3N4O3S.C22H26FN3O.C7H2ClF2NO2S/c30-22-7-10-24(11-8-22)35(18-23-9-6-20(17-34-23)19-4-2-1-3-5-19)29(37)27-12-13-36(27)40(38,39)28-15-26(32)25(31)14-21(28)16-33;23-18-7-10-20(11-8-18)26(22(27)21-12-13-24-21)15-19-9-6-17(14-25-19)16-4-2-1-3-5-16;8-14(12,13)7-2-6(10)5(9)1-4(7)3-11/h6-11,14-15,17,19,27H,1-5,12-13,18H2;6-11,14,16,21,24H,1-5,12-13,15H2;1-2H. The maximum Gasteiger partial charge on any atom is 0.262 e. The molecule has 2 aliphatic heterocycles. The van der Waals surface area contributed by atoms with E-state index in [9.17, 15) is 58.0 Å². The van der Waals surface area contributed by atoms with Gasteiger partial charge in [-0.05, 0) is 153 Å². The molecule has 81 heavy (non-hydrogen) atoms. The summed E-state index contributed by atoms with van der Waals surface area (Å²) in [7, 11) is -3.85. The summed E-state index contributed by atoms with van der Waals surface area (Å²) in [5.41, 5.74) is 3.82. The molecule has 10 rings (SSSR count). The van der Waals surface area contributed by atoms with Crippen LogP contribution in [0.4, 0.5) is 37.7 Å². The molecule has 0 radical (unpaired) electrons. The van der Waals surface area contributed by atoms with Crippen LogP contribution in [0.2, 0.25) is 0 Å². The Morgan fingerprint density at radius 2 is 1.00 bits per heavy atom. The van der Waals surface area contributed by atoms with E-state index in [1.165, 1.54) is 104 Å². The Morgan fingerprint density at radius 3 is 1.37 bits per heavy atom. The van der Waals surface area contributed by atoms with Gasteiger partial charge in [0.2, 0.25) is 21.8 Å². The topological polar surface area (TPSA) is 198 Å². The highest BCUT2D eigenvalue weighted by Crippen LogP contribution is 2.36. The maximum atomic E-state index is 14.0. The molecular weight excluding hydrogens is 1120 g/mol. The van der Waals surface area contributed by atoms with Gasteiger partial charge in [0.1, 0.15) is 39.6 Å². The van der Waals surface area contributed by atoms with Crippen LogP contribution in [0.15, 0.2) is 119 Å². The number of nitrogens with one attached hydrogen (secondary N) is 1. The Labute approximate surface area is 470 Å². The van der Waals surface area contributed by atoms with Gasteiger partial charge in [0.05, 0.1) is 41.6 Å². The maximum absolute atomic E-state index is 14.0. The zero-order valence-electron chi connectivity index (χ0n) is 43.6. The quantitative estimate of drug-likeness (QED) is 0.0853. The molecule has 0 bridgehead atoms. The molecule has 424 valence electrons. The Bertz CT molecular complexity index is 3540. The third-order valence-electron chi connectivity index (χ3n) is 14.8. The van der Waals surface area contributed by atoms with Crippen molar-refractivity contribution in [3.8, 4) is 12.1 Å². The molecule has 1 N–H and O–H groups in total. The van der Waals surface area contributed by atoms with E-state index < -0.39 is 81.0 Å². The minimum Gasteiger partial charge on any atom is -0.306 e. The summed E-state index contributed by atoms with van der Waals surface area (Å²) in [5, 5.41) is 20.9. The van der Waals surface area contributed by atoms with Crippen LogP contribution in [0.3, 0.4) is 0 Å². The summed E-state index contributed by atoms with van der Waals surface area (Å²) in [4.78, 5) is 37.5. The second-order valence-electron chi connectivity index (χ2n) is 20.0. The van der Waals surface area contributed by atoms with Gasteiger partial charge in [-0.15, -0.1) is 0 Å². The summed E-state index contributed by atoms with van der Waals surface area (Å²) >= 11 is 0. The Hall–Kier alpha value is -7.21. The summed E-state index contributed by atoms with van der Waals surface area (Å²) < 4.78 is 129. The van der Waals surface area contributed by atoms with Gasteiger partial charge < -0.3 is 15.1 Å². The van der Waals surface area contributed by atoms with Crippen molar-refractivity contribution in [2.45, 2.75) is 124 Å². The molecule has 0 spiro atoms. The van der Waals surface area contributed by atoms with Crippen LogP contribution < -0.4 is 15.1 Å². The van der Waals surface area contributed by atoms with Gasteiger partial charge in [-0.3, -0.25) is 19.6 Å². The van der Waals surface area contributed by atoms with Gasteiger partial charge in [0.15, 0.2) is 23.3 Å². The fourth-order valence-electron chi connectivity index (χ4n) is 10.1. The number of sulfonamides is 1. The number of amides is 2. The average Bonchev–Trinajstić information content (AvgIpc) is 3.59. The summed E-state index contributed by atoms with van der Waals surface area (Å²) in [5.74, 6) is -5.74. The number of aromatic nitrogens is 2. The lowest BCUT2D eigenvalue weighted by Crippen LogP contribution is -2.59. The average molecular weight is 1170 g/mol. The number of hydrogen-bond acceptors (Lipinski definition) is 11. The predicted octanol–water partition coefficient (Wildman–Crippen LogP) is 11.3. The van der Waals surface area contributed by atoms with Crippen LogP contribution in [0.25, 0.3) is 0 Å².